The standard InChI is InChI=1S/C40H72O4/c1-3-5-7-9-10-11-12-13-14-16-21-28-34-42-35-40(36-43-39(44-37-40)38-29-23-22-24-30-38)31-25-18-15-17-20-27-33-41-32-26-19-8-6-4-2/h22-24,29-30,39H,3-21,25-28,31-37H2,1-2H3. The Morgan fingerprint density at radius 2 is 0.932 bits per heavy atom. The van der Waals surface area contributed by atoms with E-state index >= 15 is 0 Å². The Morgan fingerprint density at radius 1 is 0.523 bits per heavy atom. The van der Waals surface area contributed by atoms with Crippen molar-refractivity contribution < 1.29 is 18.9 Å². The van der Waals surface area contributed by atoms with Crippen LogP contribution in [0, 0.1) is 5.41 Å². The molecule has 1 aliphatic heterocycles. The lowest BCUT2D eigenvalue weighted by atomic mass is 9.84. The van der Waals surface area contributed by atoms with Crippen LogP contribution in [0.1, 0.15) is 180 Å². The maximum Gasteiger partial charge on any atom is 0.183 e. The average Bonchev–Trinajstić information content (AvgIpc) is 3.06. The van der Waals surface area contributed by atoms with Crippen molar-refractivity contribution >= 4 is 0 Å². The largest absolute Gasteiger partial charge is 0.381 e. The first-order valence-electron chi connectivity index (χ1n) is 19.2. The van der Waals surface area contributed by atoms with Gasteiger partial charge in [-0.25, -0.2) is 0 Å². The van der Waals surface area contributed by atoms with Gasteiger partial charge in [-0.15, -0.1) is 0 Å². The first-order chi connectivity index (χ1) is 21.8. The second kappa shape index (κ2) is 28.3. The fourth-order valence-electron chi connectivity index (χ4n) is 6.35. The first kappa shape index (κ1) is 39.2. The minimum atomic E-state index is -0.251. The van der Waals surface area contributed by atoms with Gasteiger partial charge in [0.2, 0.25) is 0 Å². The maximum absolute atomic E-state index is 6.31. The van der Waals surface area contributed by atoms with Crippen molar-refractivity contribution in [3.8, 4) is 0 Å². The Kier molecular flexibility index (Phi) is 25.2. The zero-order valence-corrected chi connectivity index (χ0v) is 29.3. The quantitative estimate of drug-likeness (QED) is 0.0778. The maximum atomic E-state index is 6.31. The summed E-state index contributed by atoms with van der Waals surface area (Å²) in [5.41, 5.74) is 1.09. The first-order valence-corrected chi connectivity index (χ1v) is 19.2. The van der Waals surface area contributed by atoms with Crippen LogP contribution in [0.4, 0.5) is 0 Å². The lowest BCUT2D eigenvalue weighted by Gasteiger charge is -2.40. The van der Waals surface area contributed by atoms with E-state index in [1.807, 2.05) is 6.07 Å². The molecule has 0 unspecified atom stereocenters. The minimum Gasteiger partial charge on any atom is -0.381 e. The summed E-state index contributed by atoms with van der Waals surface area (Å²) >= 11 is 0. The highest BCUT2D eigenvalue weighted by molar-refractivity contribution is 5.16. The van der Waals surface area contributed by atoms with Crippen LogP contribution in [-0.2, 0) is 18.9 Å². The van der Waals surface area contributed by atoms with Crippen LogP contribution in [0.2, 0.25) is 0 Å². The molecular formula is C40H72O4. The van der Waals surface area contributed by atoms with Gasteiger partial charge in [0, 0.05) is 30.8 Å². The molecule has 4 nitrogen and oxygen atoms in total. The zero-order valence-electron chi connectivity index (χ0n) is 29.3. The molecular weight excluding hydrogens is 544 g/mol. The van der Waals surface area contributed by atoms with Crippen molar-refractivity contribution in [3.63, 3.8) is 0 Å². The fraction of sp³-hybridized carbons (Fsp3) is 0.850. The summed E-state index contributed by atoms with van der Waals surface area (Å²) in [6.45, 7) is 9.51. The monoisotopic (exact) mass is 617 g/mol. The van der Waals surface area contributed by atoms with Gasteiger partial charge < -0.3 is 18.9 Å². The number of rotatable bonds is 31. The Bertz CT molecular complexity index is 681. The molecule has 1 fully saturated rings. The van der Waals surface area contributed by atoms with Crippen molar-refractivity contribution in [2.45, 2.75) is 174 Å². The molecule has 0 spiro atoms. The van der Waals surface area contributed by atoms with Crippen LogP contribution in [0.3, 0.4) is 0 Å². The van der Waals surface area contributed by atoms with Gasteiger partial charge in [0.25, 0.3) is 0 Å². The van der Waals surface area contributed by atoms with Crippen LogP contribution in [0.15, 0.2) is 30.3 Å². The summed E-state index contributed by atoms with van der Waals surface area (Å²) < 4.78 is 24.7. The Labute approximate surface area is 273 Å². The molecule has 44 heavy (non-hydrogen) atoms. The van der Waals surface area contributed by atoms with E-state index in [9.17, 15) is 0 Å². The molecule has 0 amide bonds. The van der Waals surface area contributed by atoms with Crippen molar-refractivity contribution in [3.05, 3.63) is 35.9 Å². The van der Waals surface area contributed by atoms with Crippen LogP contribution in [0.25, 0.3) is 0 Å². The smallest absolute Gasteiger partial charge is 0.183 e. The van der Waals surface area contributed by atoms with E-state index < -0.39 is 0 Å². The van der Waals surface area contributed by atoms with Gasteiger partial charge >= 0.3 is 0 Å². The average molecular weight is 617 g/mol. The summed E-state index contributed by atoms with van der Waals surface area (Å²) in [6, 6.07) is 10.4. The molecule has 0 aromatic heterocycles. The molecule has 1 saturated heterocycles. The molecule has 256 valence electrons. The summed E-state index contributed by atoms with van der Waals surface area (Å²) in [7, 11) is 0. The Morgan fingerprint density at radius 3 is 1.41 bits per heavy atom. The Balaban J connectivity index is 1.55. The topological polar surface area (TPSA) is 36.9 Å². The van der Waals surface area contributed by atoms with Crippen molar-refractivity contribution in [2.24, 2.45) is 5.41 Å². The number of hydrogen-bond acceptors (Lipinski definition) is 4. The third-order valence-corrected chi connectivity index (χ3v) is 9.34. The summed E-state index contributed by atoms with van der Waals surface area (Å²) in [6.07, 6.45) is 31.6. The van der Waals surface area contributed by atoms with Gasteiger partial charge in [0.1, 0.15) is 0 Å². The second-order valence-corrected chi connectivity index (χ2v) is 13.7. The van der Waals surface area contributed by atoms with Gasteiger partial charge in [-0.3, -0.25) is 0 Å². The van der Waals surface area contributed by atoms with Crippen LogP contribution < -0.4 is 0 Å². The Hall–Kier alpha value is -0.940. The van der Waals surface area contributed by atoms with Gasteiger partial charge in [-0.1, -0.05) is 173 Å². The predicted octanol–water partition coefficient (Wildman–Crippen LogP) is 12.2. The summed E-state index contributed by atoms with van der Waals surface area (Å²) in [5, 5.41) is 0. The van der Waals surface area contributed by atoms with Crippen molar-refractivity contribution in [1.82, 2.24) is 0 Å². The van der Waals surface area contributed by atoms with E-state index in [0.717, 1.165) is 51.6 Å². The van der Waals surface area contributed by atoms with Crippen molar-refractivity contribution in [2.75, 3.05) is 39.6 Å². The second-order valence-electron chi connectivity index (χ2n) is 13.7. The zero-order chi connectivity index (χ0) is 31.2. The SMILES string of the molecule is CCCCCCCCCCCCCCOCC1(CCCCCCCCOCCCCCCC)COC(c2ccccc2)OC1. The van der Waals surface area contributed by atoms with Gasteiger partial charge in [-0.05, 0) is 25.7 Å². The summed E-state index contributed by atoms with van der Waals surface area (Å²) in [4.78, 5) is 0. The summed E-state index contributed by atoms with van der Waals surface area (Å²) in [5.74, 6) is 0. The van der Waals surface area contributed by atoms with Crippen LogP contribution in [0.5, 0.6) is 0 Å². The number of unbranched alkanes of at least 4 members (excludes halogenated alkanes) is 20. The van der Waals surface area contributed by atoms with Crippen molar-refractivity contribution in [1.29, 1.82) is 0 Å². The lowest BCUT2D eigenvalue weighted by molar-refractivity contribution is -0.246. The molecule has 0 atom stereocenters. The normalized spacial score (nSPS) is 18.6. The molecule has 0 radical (unpaired) electrons. The third-order valence-electron chi connectivity index (χ3n) is 9.34. The van der Waals surface area contributed by atoms with E-state index in [1.165, 1.54) is 148 Å². The van der Waals surface area contributed by atoms with Crippen LogP contribution >= 0.6 is 0 Å². The third kappa shape index (κ3) is 20.2. The highest BCUT2D eigenvalue weighted by Crippen LogP contribution is 2.36. The molecule has 0 aliphatic carbocycles. The molecule has 4 heteroatoms. The highest BCUT2D eigenvalue weighted by Gasteiger charge is 2.37. The van der Waals surface area contributed by atoms with E-state index in [1.54, 1.807) is 0 Å². The van der Waals surface area contributed by atoms with Gasteiger partial charge in [0.15, 0.2) is 6.29 Å². The molecule has 2 rings (SSSR count). The molecule has 1 heterocycles. The fourth-order valence-corrected chi connectivity index (χ4v) is 6.35. The molecule has 0 N–H and O–H groups in total. The lowest BCUT2D eigenvalue weighted by Crippen LogP contribution is -2.42. The molecule has 0 saturated carbocycles. The molecule has 1 aromatic carbocycles. The predicted molar refractivity (Wildman–Crippen MR) is 187 cm³/mol. The number of hydrogen-bond donors (Lipinski definition) is 0. The van der Waals surface area contributed by atoms with Crippen LogP contribution in [-0.4, -0.2) is 39.6 Å². The number of benzene rings is 1. The molecule has 1 aromatic rings. The van der Waals surface area contributed by atoms with Gasteiger partial charge in [-0.2, -0.15) is 0 Å². The van der Waals surface area contributed by atoms with Gasteiger partial charge in [0.05, 0.1) is 19.8 Å². The van der Waals surface area contributed by atoms with E-state index in [2.05, 4.69) is 38.1 Å². The van der Waals surface area contributed by atoms with E-state index in [4.69, 9.17) is 18.9 Å². The molecule has 0 bridgehead atoms. The minimum absolute atomic E-state index is 0.0205. The number of ether oxygens (including phenoxy) is 4. The molecule has 1 aliphatic rings. The van der Waals surface area contributed by atoms with E-state index in [0.29, 0.717) is 0 Å². The highest BCUT2D eigenvalue weighted by atomic mass is 16.7. The van der Waals surface area contributed by atoms with E-state index in [-0.39, 0.29) is 11.7 Å².